The topological polar surface area (TPSA) is 67.0 Å². The number of aryl methyl sites for hydroxylation is 2. The highest BCUT2D eigenvalue weighted by molar-refractivity contribution is 6.01. The molecule has 0 atom stereocenters. The lowest BCUT2D eigenvalue weighted by Gasteiger charge is -2.12. The maximum atomic E-state index is 13.8. The lowest BCUT2D eigenvalue weighted by atomic mass is 10.1. The molecule has 4 aromatic rings. The molecular weight excluding hydrogens is 477 g/mol. The Bertz CT molecular complexity index is 1470. The van der Waals surface area contributed by atoms with Crippen molar-refractivity contribution in [1.82, 2.24) is 9.88 Å². The van der Waals surface area contributed by atoms with E-state index in [2.05, 4.69) is 22.0 Å². The van der Waals surface area contributed by atoms with Gasteiger partial charge >= 0.3 is 0 Å². The van der Waals surface area contributed by atoms with Crippen molar-refractivity contribution in [2.75, 3.05) is 6.54 Å². The van der Waals surface area contributed by atoms with Crippen LogP contribution in [-0.2, 0) is 17.8 Å². The number of carbonyl (C=O) groups is 1. The number of nitriles is 1. The van der Waals surface area contributed by atoms with E-state index in [4.69, 9.17) is 4.74 Å². The summed E-state index contributed by atoms with van der Waals surface area (Å²) in [5.41, 5.74) is 5.39. The third-order valence-electron chi connectivity index (χ3n) is 6.35. The highest BCUT2D eigenvalue weighted by Crippen LogP contribution is 2.25. The maximum Gasteiger partial charge on any atom is 0.261 e. The quantitative estimate of drug-likeness (QED) is 0.152. The smallest absolute Gasteiger partial charge is 0.261 e. The fourth-order valence-electron chi connectivity index (χ4n) is 4.34. The minimum atomic E-state index is -0.373. The van der Waals surface area contributed by atoms with E-state index in [1.54, 1.807) is 24.3 Å². The first-order valence-electron chi connectivity index (χ1n) is 12.6. The molecule has 0 aliphatic heterocycles. The summed E-state index contributed by atoms with van der Waals surface area (Å²) >= 11 is 0. The van der Waals surface area contributed by atoms with Gasteiger partial charge in [-0.05, 0) is 80.3 Å². The van der Waals surface area contributed by atoms with Crippen LogP contribution in [0, 0.1) is 31.0 Å². The second-order valence-electron chi connectivity index (χ2n) is 9.05. The number of nitrogens with one attached hydrogen (secondary N) is 1. The van der Waals surface area contributed by atoms with Gasteiger partial charge in [-0.3, -0.25) is 4.79 Å². The molecular formula is C32H30FN3O2. The van der Waals surface area contributed by atoms with Crippen LogP contribution in [0.3, 0.4) is 0 Å². The van der Waals surface area contributed by atoms with E-state index in [-0.39, 0.29) is 23.9 Å². The van der Waals surface area contributed by atoms with Gasteiger partial charge in [0.15, 0.2) is 0 Å². The van der Waals surface area contributed by atoms with Crippen LogP contribution < -0.4 is 10.1 Å². The van der Waals surface area contributed by atoms with Crippen molar-refractivity contribution in [3.63, 3.8) is 0 Å². The molecule has 38 heavy (non-hydrogen) atoms. The van der Waals surface area contributed by atoms with Crippen molar-refractivity contribution in [2.45, 2.75) is 33.3 Å². The van der Waals surface area contributed by atoms with Crippen molar-refractivity contribution < 1.29 is 13.9 Å². The Hall–Kier alpha value is -4.63. The zero-order valence-electron chi connectivity index (χ0n) is 21.6. The van der Waals surface area contributed by atoms with E-state index >= 15 is 0 Å². The Labute approximate surface area is 222 Å². The van der Waals surface area contributed by atoms with Gasteiger partial charge in [0.1, 0.15) is 29.8 Å². The standard InChI is InChI=1S/C32H30FN3O2/c1-23-19-27(20-28(21-34)32(37)35-18-8-11-25-9-4-3-5-10-25)24(2)36(23)29-14-16-30(17-15-29)38-22-26-12-6-7-13-31(26)33/h3-7,9-10,12-17,19-20H,8,11,18,22H2,1-2H3,(H,35,37)/b28-20-. The van der Waals surface area contributed by atoms with Crippen LogP contribution >= 0.6 is 0 Å². The first kappa shape index (κ1) is 26.4. The number of nitrogens with zero attached hydrogens (tertiary/aromatic N) is 2. The summed E-state index contributed by atoms with van der Waals surface area (Å²) in [5, 5.41) is 12.5. The lowest BCUT2D eigenvalue weighted by Crippen LogP contribution is -2.25. The maximum absolute atomic E-state index is 13.8. The number of hydrogen-bond donors (Lipinski definition) is 1. The molecule has 0 aliphatic rings. The molecule has 0 saturated carbocycles. The molecule has 0 unspecified atom stereocenters. The molecule has 1 heterocycles. The average Bonchev–Trinajstić information content (AvgIpc) is 3.22. The number of carbonyl (C=O) groups excluding carboxylic acids is 1. The largest absolute Gasteiger partial charge is 0.489 e. The minimum Gasteiger partial charge on any atom is -0.489 e. The third-order valence-corrected chi connectivity index (χ3v) is 6.35. The van der Waals surface area contributed by atoms with E-state index in [1.165, 1.54) is 11.6 Å². The van der Waals surface area contributed by atoms with Gasteiger partial charge < -0.3 is 14.6 Å². The highest BCUT2D eigenvalue weighted by atomic mass is 19.1. The Balaban J connectivity index is 1.40. The first-order valence-corrected chi connectivity index (χ1v) is 12.6. The van der Waals surface area contributed by atoms with E-state index in [0.717, 1.165) is 35.5 Å². The van der Waals surface area contributed by atoms with Crippen LogP contribution in [0.5, 0.6) is 5.75 Å². The molecule has 6 heteroatoms. The molecule has 0 saturated heterocycles. The minimum absolute atomic E-state index is 0.0712. The van der Waals surface area contributed by atoms with Gasteiger partial charge in [0.25, 0.3) is 5.91 Å². The van der Waals surface area contributed by atoms with E-state index in [9.17, 15) is 14.4 Å². The van der Waals surface area contributed by atoms with Gasteiger partial charge in [0.2, 0.25) is 0 Å². The van der Waals surface area contributed by atoms with Crippen LogP contribution in [0.4, 0.5) is 4.39 Å². The molecule has 5 nitrogen and oxygen atoms in total. The van der Waals surface area contributed by atoms with Crippen LogP contribution in [-0.4, -0.2) is 17.0 Å². The fraction of sp³-hybridized carbons (Fsp3) is 0.188. The van der Waals surface area contributed by atoms with Crippen LogP contribution in [0.1, 0.15) is 34.5 Å². The molecule has 0 radical (unpaired) electrons. The van der Waals surface area contributed by atoms with E-state index in [0.29, 0.717) is 17.9 Å². The third kappa shape index (κ3) is 6.57. The van der Waals surface area contributed by atoms with E-state index < -0.39 is 0 Å². The number of halogens is 1. The lowest BCUT2D eigenvalue weighted by molar-refractivity contribution is -0.117. The summed E-state index contributed by atoms with van der Waals surface area (Å²) in [7, 11) is 0. The predicted molar refractivity (Wildman–Crippen MR) is 147 cm³/mol. The Kier molecular flexibility index (Phi) is 8.73. The second kappa shape index (κ2) is 12.6. The summed E-state index contributed by atoms with van der Waals surface area (Å²) in [6.07, 6.45) is 3.29. The molecule has 0 aliphatic carbocycles. The summed E-state index contributed by atoms with van der Waals surface area (Å²) in [5.74, 6) is -0.0297. The number of ether oxygens (including phenoxy) is 1. The predicted octanol–water partition coefficient (Wildman–Crippen LogP) is 6.47. The Morgan fingerprint density at radius 2 is 1.74 bits per heavy atom. The van der Waals surface area contributed by atoms with Crippen molar-refractivity contribution in [1.29, 1.82) is 5.26 Å². The zero-order valence-corrected chi connectivity index (χ0v) is 21.6. The number of rotatable bonds is 10. The highest BCUT2D eigenvalue weighted by Gasteiger charge is 2.14. The Morgan fingerprint density at radius 3 is 2.45 bits per heavy atom. The monoisotopic (exact) mass is 507 g/mol. The summed E-state index contributed by atoms with van der Waals surface area (Å²) in [6, 6.07) is 28.2. The normalized spacial score (nSPS) is 11.2. The molecule has 0 spiro atoms. The van der Waals surface area contributed by atoms with Gasteiger partial charge in [-0.15, -0.1) is 0 Å². The van der Waals surface area contributed by atoms with Gasteiger partial charge in [-0.2, -0.15) is 5.26 Å². The van der Waals surface area contributed by atoms with Crippen molar-refractivity contribution >= 4 is 12.0 Å². The fourth-order valence-corrected chi connectivity index (χ4v) is 4.34. The van der Waals surface area contributed by atoms with Crippen LogP contribution in [0.25, 0.3) is 11.8 Å². The number of amides is 1. The summed E-state index contributed by atoms with van der Waals surface area (Å²) < 4.78 is 21.6. The Morgan fingerprint density at radius 1 is 1.03 bits per heavy atom. The van der Waals surface area contributed by atoms with Crippen molar-refractivity contribution in [3.05, 3.63) is 124 Å². The van der Waals surface area contributed by atoms with E-state index in [1.807, 2.05) is 68.4 Å². The SMILES string of the molecule is Cc1cc(/C=C(/C#N)C(=O)NCCCc2ccccc2)c(C)n1-c1ccc(OCc2ccccc2F)cc1. The number of aromatic nitrogens is 1. The van der Waals surface area contributed by atoms with Crippen molar-refractivity contribution in [3.8, 4) is 17.5 Å². The molecule has 0 bridgehead atoms. The molecule has 3 aromatic carbocycles. The zero-order chi connectivity index (χ0) is 26.9. The summed E-state index contributed by atoms with van der Waals surface area (Å²) in [6.45, 7) is 4.57. The summed E-state index contributed by atoms with van der Waals surface area (Å²) in [4.78, 5) is 12.6. The van der Waals surface area contributed by atoms with Gasteiger partial charge in [0.05, 0.1) is 0 Å². The first-order chi connectivity index (χ1) is 18.5. The molecule has 4 rings (SSSR count). The van der Waals surface area contributed by atoms with Gasteiger partial charge in [-0.25, -0.2) is 4.39 Å². The van der Waals surface area contributed by atoms with Gasteiger partial charge in [0, 0.05) is 29.2 Å². The van der Waals surface area contributed by atoms with Crippen LogP contribution in [0.15, 0.2) is 90.5 Å². The number of hydrogen-bond acceptors (Lipinski definition) is 3. The second-order valence-corrected chi connectivity index (χ2v) is 9.05. The molecule has 1 amide bonds. The molecule has 1 aromatic heterocycles. The molecule has 0 fully saturated rings. The molecule has 192 valence electrons. The average molecular weight is 508 g/mol. The van der Waals surface area contributed by atoms with Crippen molar-refractivity contribution in [2.24, 2.45) is 0 Å². The van der Waals surface area contributed by atoms with Gasteiger partial charge in [-0.1, -0.05) is 48.5 Å². The molecule has 1 N–H and O–H groups in total. The number of benzene rings is 3. The van der Waals surface area contributed by atoms with Crippen LogP contribution in [0.2, 0.25) is 0 Å².